The summed E-state index contributed by atoms with van der Waals surface area (Å²) < 4.78 is 44.7. The van der Waals surface area contributed by atoms with Gasteiger partial charge in [-0.05, 0) is 55.5 Å². The first-order valence-electron chi connectivity index (χ1n) is 8.41. The highest BCUT2D eigenvalue weighted by atomic mass is 19.4. The minimum atomic E-state index is -4.37. The summed E-state index contributed by atoms with van der Waals surface area (Å²) in [4.78, 5) is 2.24. The molecule has 1 aliphatic heterocycles. The Labute approximate surface area is 145 Å². The number of piperidine rings is 1. The molecule has 1 aromatic heterocycles. The van der Waals surface area contributed by atoms with Gasteiger partial charge in [-0.1, -0.05) is 18.2 Å². The summed E-state index contributed by atoms with van der Waals surface area (Å²) in [5, 5.41) is 9.92. The Hall–Kier alpha value is -1.79. The van der Waals surface area contributed by atoms with Gasteiger partial charge in [0.05, 0.1) is 18.1 Å². The van der Waals surface area contributed by atoms with Crippen LogP contribution in [-0.4, -0.2) is 29.7 Å². The Kier molecular flexibility index (Phi) is 5.20. The van der Waals surface area contributed by atoms with E-state index in [-0.39, 0.29) is 18.6 Å². The van der Waals surface area contributed by atoms with E-state index in [2.05, 4.69) is 4.90 Å². The van der Waals surface area contributed by atoms with Crippen molar-refractivity contribution >= 4 is 0 Å². The largest absolute Gasteiger partial charge is 0.472 e. The van der Waals surface area contributed by atoms with Crippen LogP contribution in [0.5, 0.6) is 0 Å². The monoisotopic (exact) mass is 353 g/mol. The minimum Gasteiger partial charge on any atom is -0.472 e. The lowest BCUT2D eigenvalue weighted by Gasteiger charge is -2.41. The molecule has 6 heteroatoms. The summed E-state index contributed by atoms with van der Waals surface area (Å²) in [7, 11) is 0. The van der Waals surface area contributed by atoms with Crippen molar-refractivity contribution in [2.45, 2.75) is 32.0 Å². The number of hydrogen-bond acceptors (Lipinski definition) is 3. The van der Waals surface area contributed by atoms with Crippen molar-refractivity contribution in [2.75, 3.05) is 19.7 Å². The van der Waals surface area contributed by atoms with Crippen LogP contribution in [0.3, 0.4) is 0 Å². The van der Waals surface area contributed by atoms with E-state index in [1.165, 1.54) is 12.1 Å². The lowest BCUT2D eigenvalue weighted by molar-refractivity contribution is -0.138. The molecule has 1 aliphatic rings. The van der Waals surface area contributed by atoms with Crippen LogP contribution in [0.2, 0.25) is 0 Å². The Morgan fingerprint density at radius 1 is 1.12 bits per heavy atom. The first kappa shape index (κ1) is 18.0. The van der Waals surface area contributed by atoms with Gasteiger partial charge in [-0.15, -0.1) is 0 Å². The van der Waals surface area contributed by atoms with Crippen LogP contribution in [0.15, 0.2) is 47.3 Å². The van der Waals surface area contributed by atoms with Gasteiger partial charge in [0.2, 0.25) is 0 Å². The van der Waals surface area contributed by atoms with Gasteiger partial charge >= 0.3 is 6.18 Å². The fourth-order valence-corrected chi connectivity index (χ4v) is 3.57. The highest BCUT2D eigenvalue weighted by Gasteiger charge is 2.38. The summed E-state index contributed by atoms with van der Waals surface area (Å²) in [6.07, 6.45) is 0.563. The average Bonchev–Trinajstić information content (AvgIpc) is 3.09. The van der Waals surface area contributed by atoms with Crippen LogP contribution in [-0.2, 0) is 19.1 Å². The van der Waals surface area contributed by atoms with E-state index in [9.17, 15) is 18.3 Å². The van der Waals surface area contributed by atoms with E-state index in [0.717, 1.165) is 31.3 Å². The molecule has 2 heterocycles. The third kappa shape index (κ3) is 4.25. The fraction of sp³-hybridized carbons (Fsp3) is 0.474. The predicted molar refractivity (Wildman–Crippen MR) is 87.9 cm³/mol. The summed E-state index contributed by atoms with van der Waals surface area (Å²) in [6, 6.07) is 7.59. The first-order valence-corrected chi connectivity index (χ1v) is 8.41. The van der Waals surface area contributed by atoms with Gasteiger partial charge in [-0.3, -0.25) is 4.90 Å². The van der Waals surface area contributed by atoms with Gasteiger partial charge in [0.25, 0.3) is 0 Å². The molecule has 0 radical (unpaired) electrons. The molecule has 0 spiro atoms. The van der Waals surface area contributed by atoms with Gasteiger partial charge in [0, 0.05) is 18.7 Å². The van der Waals surface area contributed by atoms with Crippen LogP contribution >= 0.6 is 0 Å². The van der Waals surface area contributed by atoms with Crippen molar-refractivity contribution in [3.8, 4) is 0 Å². The molecular weight excluding hydrogens is 331 g/mol. The van der Waals surface area contributed by atoms with Gasteiger partial charge in [0.15, 0.2) is 0 Å². The smallest absolute Gasteiger partial charge is 0.416 e. The second kappa shape index (κ2) is 7.22. The first-order chi connectivity index (χ1) is 11.9. The molecule has 0 aliphatic carbocycles. The van der Waals surface area contributed by atoms with Crippen LogP contribution in [0.1, 0.15) is 29.5 Å². The number of likely N-dealkylation sites (tertiary alicyclic amines) is 1. The maximum atomic E-state index is 13.2. The number of hydrogen-bond donors (Lipinski definition) is 1. The quantitative estimate of drug-likeness (QED) is 0.879. The van der Waals surface area contributed by atoms with E-state index in [4.69, 9.17) is 4.42 Å². The molecular formula is C19H22F3NO2. The average molecular weight is 353 g/mol. The highest BCUT2D eigenvalue weighted by Crippen LogP contribution is 2.39. The Morgan fingerprint density at radius 3 is 2.44 bits per heavy atom. The van der Waals surface area contributed by atoms with E-state index >= 15 is 0 Å². The molecule has 1 saturated heterocycles. The number of nitrogens with zero attached hydrogens (tertiary/aromatic N) is 1. The van der Waals surface area contributed by atoms with Gasteiger partial charge in [-0.2, -0.15) is 13.2 Å². The van der Waals surface area contributed by atoms with Crippen molar-refractivity contribution in [3.63, 3.8) is 0 Å². The highest BCUT2D eigenvalue weighted by molar-refractivity contribution is 5.31. The number of alkyl halides is 3. The molecule has 136 valence electrons. The predicted octanol–water partition coefficient (Wildman–Crippen LogP) is 4.12. The molecule has 2 aromatic rings. The maximum absolute atomic E-state index is 13.2. The van der Waals surface area contributed by atoms with E-state index in [1.54, 1.807) is 18.6 Å². The Balaban J connectivity index is 1.69. The summed E-state index contributed by atoms with van der Waals surface area (Å²) >= 11 is 0. The third-order valence-corrected chi connectivity index (χ3v) is 5.13. The molecule has 0 atom stereocenters. The summed E-state index contributed by atoms with van der Waals surface area (Å²) in [5.74, 6) is 0. The molecule has 1 N–H and O–H groups in total. The molecule has 3 nitrogen and oxygen atoms in total. The molecule has 0 saturated carbocycles. The maximum Gasteiger partial charge on any atom is 0.416 e. The normalized spacial score (nSPS) is 18.4. The van der Waals surface area contributed by atoms with E-state index < -0.39 is 17.2 Å². The zero-order valence-corrected chi connectivity index (χ0v) is 13.9. The van der Waals surface area contributed by atoms with Gasteiger partial charge in [0.1, 0.15) is 0 Å². The van der Waals surface area contributed by atoms with Gasteiger partial charge < -0.3 is 9.52 Å². The van der Waals surface area contributed by atoms with Crippen molar-refractivity contribution in [1.82, 2.24) is 4.90 Å². The SMILES string of the molecule is OCC1(Cc2ccccc2C(F)(F)F)CCN(Cc2ccoc2)CC1. The van der Waals surface area contributed by atoms with Crippen LogP contribution in [0.25, 0.3) is 0 Å². The lowest BCUT2D eigenvalue weighted by Crippen LogP contribution is -2.43. The molecule has 0 amide bonds. The van der Waals surface area contributed by atoms with Crippen molar-refractivity contribution in [1.29, 1.82) is 0 Å². The second-order valence-electron chi connectivity index (χ2n) is 6.90. The lowest BCUT2D eigenvalue weighted by atomic mass is 9.73. The molecule has 0 unspecified atom stereocenters. The number of aliphatic hydroxyl groups is 1. The second-order valence-corrected chi connectivity index (χ2v) is 6.90. The number of aliphatic hydroxyl groups excluding tert-OH is 1. The molecule has 0 bridgehead atoms. The molecule has 1 fully saturated rings. The number of benzene rings is 1. The zero-order valence-electron chi connectivity index (χ0n) is 13.9. The van der Waals surface area contributed by atoms with Crippen molar-refractivity contribution in [3.05, 3.63) is 59.5 Å². The number of furan rings is 1. The van der Waals surface area contributed by atoms with Crippen LogP contribution in [0.4, 0.5) is 13.2 Å². The Bertz CT molecular complexity index is 674. The van der Waals surface area contributed by atoms with E-state index in [0.29, 0.717) is 12.8 Å². The summed E-state index contributed by atoms with van der Waals surface area (Å²) in [5.41, 5.74) is 0.267. The standard InChI is InChI=1S/C19H22F3NO2/c20-19(21,22)17-4-2-1-3-16(17)11-18(14-24)6-8-23(9-7-18)12-15-5-10-25-13-15/h1-5,10,13,24H,6-9,11-12,14H2. The van der Waals surface area contributed by atoms with Crippen molar-refractivity contribution < 1.29 is 22.7 Å². The van der Waals surface area contributed by atoms with Crippen LogP contribution < -0.4 is 0 Å². The molecule has 1 aromatic carbocycles. The van der Waals surface area contributed by atoms with E-state index in [1.807, 2.05) is 6.07 Å². The summed E-state index contributed by atoms with van der Waals surface area (Å²) in [6.45, 7) is 2.16. The topological polar surface area (TPSA) is 36.6 Å². The van der Waals surface area contributed by atoms with Gasteiger partial charge in [-0.25, -0.2) is 0 Å². The number of halogens is 3. The fourth-order valence-electron chi connectivity index (χ4n) is 3.57. The molecule has 25 heavy (non-hydrogen) atoms. The Morgan fingerprint density at radius 2 is 1.84 bits per heavy atom. The molecule has 3 rings (SSSR count). The minimum absolute atomic E-state index is 0.0985. The zero-order chi connectivity index (χ0) is 17.9. The number of rotatable bonds is 5. The third-order valence-electron chi connectivity index (χ3n) is 5.13. The van der Waals surface area contributed by atoms with Crippen LogP contribution in [0, 0.1) is 5.41 Å². The van der Waals surface area contributed by atoms with Crippen molar-refractivity contribution in [2.24, 2.45) is 5.41 Å².